The normalized spacial score (nSPS) is 15.1. The Bertz CT molecular complexity index is 1400. The van der Waals surface area contributed by atoms with Crippen molar-refractivity contribution >= 4 is 46.4 Å². The summed E-state index contributed by atoms with van der Waals surface area (Å²) in [6.07, 6.45) is 0. The first kappa shape index (κ1) is 28.2. The van der Waals surface area contributed by atoms with Crippen molar-refractivity contribution in [3.63, 3.8) is 0 Å². The SMILES string of the molecule is CC(C)(C)C(=O)CN1C(=O)C(NC(=O)Nc2cccc(OCC(=O)O)c2)CN(c2ccccc2)c2ccccc21. The van der Waals surface area contributed by atoms with Gasteiger partial charge in [-0.2, -0.15) is 0 Å². The zero-order chi connectivity index (χ0) is 28.9. The summed E-state index contributed by atoms with van der Waals surface area (Å²) in [5.41, 5.74) is 1.81. The lowest BCUT2D eigenvalue weighted by atomic mass is 9.90. The molecule has 0 saturated heterocycles. The number of Topliss-reactive ketones (excluding diaryl/α,β-unsaturated/α-hetero) is 1. The van der Waals surface area contributed by atoms with E-state index in [9.17, 15) is 19.2 Å². The van der Waals surface area contributed by atoms with Crippen LogP contribution in [0.3, 0.4) is 0 Å². The summed E-state index contributed by atoms with van der Waals surface area (Å²) in [4.78, 5) is 54.4. The highest BCUT2D eigenvalue weighted by Gasteiger charge is 2.37. The van der Waals surface area contributed by atoms with E-state index in [0.29, 0.717) is 11.4 Å². The first-order valence-corrected chi connectivity index (χ1v) is 12.8. The first-order chi connectivity index (χ1) is 19.0. The Labute approximate surface area is 232 Å². The number of benzene rings is 3. The first-order valence-electron chi connectivity index (χ1n) is 12.8. The molecule has 3 amide bonds. The molecule has 1 aliphatic heterocycles. The van der Waals surface area contributed by atoms with Crippen molar-refractivity contribution in [1.82, 2.24) is 5.32 Å². The molecule has 0 spiro atoms. The van der Waals surface area contributed by atoms with Crippen LogP contribution in [0.1, 0.15) is 20.8 Å². The van der Waals surface area contributed by atoms with Crippen molar-refractivity contribution < 1.29 is 29.0 Å². The monoisotopic (exact) mass is 544 g/mol. The minimum absolute atomic E-state index is 0.120. The van der Waals surface area contributed by atoms with Gasteiger partial charge in [-0.25, -0.2) is 9.59 Å². The number of nitrogens with zero attached hydrogens (tertiary/aromatic N) is 2. The molecule has 40 heavy (non-hydrogen) atoms. The van der Waals surface area contributed by atoms with Crippen LogP contribution in [0.2, 0.25) is 0 Å². The van der Waals surface area contributed by atoms with E-state index in [0.717, 1.165) is 11.4 Å². The topological polar surface area (TPSA) is 128 Å². The molecule has 3 N–H and O–H groups in total. The maximum Gasteiger partial charge on any atom is 0.341 e. The number of ether oxygens (including phenoxy) is 1. The van der Waals surface area contributed by atoms with Crippen LogP contribution >= 0.6 is 0 Å². The largest absolute Gasteiger partial charge is 0.482 e. The molecule has 10 nitrogen and oxygen atoms in total. The number of fused-ring (bicyclic) bond motifs is 1. The summed E-state index contributed by atoms with van der Waals surface area (Å²) in [6.45, 7) is 4.86. The molecular weight excluding hydrogens is 512 g/mol. The van der Waals surface area contributed by atoms with Crippen molar-refractivity contribution in [1.29, 1.82) is 0 Å². The molecule has 1 atom stereocenters. The average Bonchev–Trinajstić information content (AvgIpc) is 3.03. The quantitative estimate of drug-likeness (QED) is 0.382. The number of carbonyl (C=O) groups excluding carboxylic acids is 3. The van der Waals surface area contributed by atoms with Crippen molar-refractivity contribution in [2.45, 2.75) is 26.8 Å². The van der Waals surface area contributed by atoms with Gasteiger partial charge in [-0.15, -0.1) is 0 Å². The van der Waals surface area contributed by atoms with Gasteiger partial charge in [-0.05, 0) is 36.4 Å². The smallest absolute Gasteiger partial charge is 0.341 e. The molecule has 0 aliphatic carbocycles. The van der Waals surface area contributed by atoms with E-state index >= 15 is 0 Å². The molecule has 0 bridgehead atoms. The van der Waals surface area contributed by atoms with Crippen molar-refractivity contribution in [3.8, 4) is 5.75 Å². The Morgan fingerprint density at radius 1 is 0.950 bits per heavy atom. The highest BCUT2D eigenvalue weighted by Crippen LogP contribution is 2.37. The van der Waals surface area contributed by atoms with Crippen LogP contribution in [-0.4, -0.2) is 54.5 Å². The summed E-state index contributed by atoms with van der Waals surface area (Å²) in [6, 6.07) is 21.5. The number of ketones is 1. The summed E-state index contributed by atoms with van der Waals surface area (Å²) in [5, 5.41) is 14.3. The zero-order valence-corrected chi connectivity index (χ0v) is 22.6. The number of anilines is 4. The van der Waals surface area contributed by atoms with Gasteiger partial charge in [0.05, 0.1) is 24.5 Å². The number of urea groups is 1. The van der Waals surface area contributed by atoms with Crippen LogP contribution in [0, 0.1) is 5.41 Å². The fourth-order valence-electron chi connectivity index (χ4n) is 4.22. The third-order valence-corrected chi connectivity index (χ3v) is 6.36. The summed E-state index contributed by atoms with van der Waals surface area (Å²) < 4.78 is 5.18. The zero-order valence-electron chi connectivity index (χ0n) is 22.6. The van der Waals surface area contributed by atoms with E-state index in [1.807, 2.05) is 53.4 Å². The molecular formula is C30H32N4O6. The van der Waals surface area contributed by atoms with Crippen molar-refractivity contribution in [2.75, 3.05) is 34.8 Å². The number of amides is 3. The van der Waals surface area contributed by atoms with Crippen LogP contribution in [0.15, 0.2) is 78.9 Å². The molecule has 0 saturated carbocycles. The lowest BCUT2D eigenvalue weighted by molar-refractivity contribution is -0.139. The van der Waals surface area contributed by atoms with Crippen LogP contribution in [0.5, 0.6) is 5.75 Å². The molecule has 1 aliphatic rings. The van der Waals surface area contributed by atoms with Gasteiger partial charge in [-0.1, -0.05) is 57.2 Å². The Morgan fingerprint density at radius 2 is 1.62 bits per heavy atom. The number of nitrogens with one attached hydrogen (secondary N) is 2. The molecule has 1 heterocycles. The van der Waals surface area contributed by atoms with E-state index in [1.165, 1.54) is 11.0 Å². The van der Waals surface area contributed by atoms with Gasteiger partial charge < -0.3 is 30.3 Å². The summed E-state index contributed by atoms with van der Waals surface area (Å²) >= 11 is 0. The Morgan fingerprint density at radius 3 is 2.30 bits per heavy atom. The van der Waals surface area contributed by atoms with Gasteiger partial charge in [0.2, 0.25) is 0 Å². The summed E-state index contributed by atoms with van der Waals surface area (Å²) in [7, 11) is 0. The highest BCUT2D eigenvalue weighted by molar-refractivity contribution is 6.08. The molecule has 0 radical (unpaired) electrons. The van der Waals surface area contributed by atoms with Gasteiger partial charge in [-0.3, -0.25) is 9.59 Å². The molecule has 1 unspecified atom stereocenters. The fourth-order valence-corrected chi connectivity index (χ4v) is 4.22. The number of carbonyl (C=O) groups is 4. The highest BCUT2D eigenvalue weighted by atomic mass is 16.5. The Balaban J connectivity index is 1.64. The van der Waals surface area contributed by atoms with Crippen LogP contribution in [-0.2, 0) is 14.4 Å². The number of carboxylic acid groups (broad SMARTS) is 1. The number of hydrogen-bond acceptors (Lipinski definition) is 6. The van der Waals surface area contributed by atoms with Crippen LogP contribution in [0.4, 0.5) is 27.5 Å². The Hall–Kier alpha value is -4.86. The minimum Gasteiger partial charge on any atom is -0.482 e. The maximum atomic E-state index is 14.0. The van der Waals surface area contributed by atoms with Crippen LogP contribution < -0.4 is 25.2 Å². The van der Waals surface area contributed by atoms with E-state index in [2.05, 4.69) is 10.6 Å². The second-order valence-electron chi connectivity index (χ2n) is 10.4. The molecule has 4 rings (SSSR count). The molecule has 10 heteroatoms. The van der Waals surface area contributed by atoms with Crippen molar-refractivity contribution in [2.24, 2.45) is 5.41 Å². The lowest BCUT2D eigenvalue weighted by Crippen LogP contribution is -2.54. The molecule has 3 aromatic carbocycles. The van der Waals surface area contributed by atoms with Gasteiger partial charge in [0.1, 0.15) is 11.8 Å². The standard InChI is InChI=1S/C30H32N4O6/c1-30(2,3)26(35)18-34-25-15-8-7-14-24(25)33(21-11-5-4-6-12-21)17-23(28(34)38)32-29(39)31-20-10-9-13-22(16-20)40-19-27(36)37/h4-16,23H,17-19H2,1-3H3,(H,36,37)(H2,31,32,39). The van der Waals surface area contributed by atoms with E-state index in [4.69, 9.17) is 9.84 Å². The molecule has 3 aromatic rings. The number of carboxylic acids is 1. The van der Waals surface area contributed by atoms with Gasteiger partial charge in [0, 0.05) is 22.9 Å². The third-order valence-electron chi connectivity index (χ3n) is 6.36. The second-order valence-corrected chi connectivity index (χ2v) is 10.4. The maximum absolute atomic E-state index is 14.0. The fraction of sp³-hybridized carbons (Fsp3) is 0.267. The van der Waals surface area contributed by atoms with Gasteiger partial charge in [0.15, 0.2) is 12.4 Å². The number of hydrogen-bond donors (Lipinski definition) is 3. The average molecular weight is 545 g/mol. The van der Waals surface area contributed by atoms with Gasteiger partial charge in [0.25, 0.3) is 5.91 Å². The Kier molecular flexibility index (Phi) is 8.37. The lowest BCUT2D eigenvalue weighted by Gasteiger charge is -2.28. The van der Waals surface area contributed by atoms with Crippen molar-refractivity contribution in [3.05, 3.63) is 78.9 Å². The van der Waals surface area contributed by atoms with E-state index in [1.54, 1.807) is 45.0 Å². The van der Waals surface area contributed by atoms with E-state index in [-0.39, 0.29) is 24.6 Å². The van der Waals surface area contributed by atoms with Crippen LogP contribution in [0.25, 0.3) is 0 Å². The molecule has 0 aromatic heterocycles. The number of aliphatic carboxylic acids is 1. The predicted molar refractivity (Wildman–Crippen MR) is 152 cm³/mol. The number of rotatable bonds is 8. The van der Waals surface area contributed by atoms with E-state index < -0.39 is 36.0 Å². The molecule has 208 valence electrons. The second kappa shape index (κ2) is 11.9. The molecule has 0 fully saturated rings. The predicted octanol–water partition coefficient (Wildman–Crippen LogP) is 4.44. The van der Waals surface area contributed by atoms with Gasteiger partial charge >= 0.3 is 12.0 Å². The number of para-hydroxylation sites is 3. The summed E-state index contributed by atoms with van der Waals surface area (Å²) in [5.74, 6) is -1.40. The minimum atomic E-state index is -1.12. The third kappa shape index (κ3) is 6.76.